The summed E-state index contributed by atoms with van der Waals surface area (Å²) >= 11 is 16.4. The Hall–Kier alpha value is 0.660. The van der Waals surface area contributed by atoms with Gasteiger partial charge in [-0.15, -0.1) is 22.7 Å². The molecule has 0 amide bonds. The number of rotatable bonds is 3. The summed E-state index contributed by atoms with van der Waals surface area (Å²) in [6, 6.07) is 0. The van der Waals surface area contributed by atoms with Crippen LogP contribution in [-0.4, -0.2) is 12.6 Å². The van der Waals surface area contributed by atoms with E-state index in [-0.39, 0.29) is 0 Å². The first kappa shape index (κ1) is 15.1. The second kappa shape index (κ2) is 5.97. The average Bonchev–Trinajstić information content (AvgIpc) is 2.77. The first-order valence-electron chi connectivity index (χ1n) is 4.37. The van der Waals surface area contributed by atoms with Gasteiger partial charge in [-0.1, -0.05) is 0 Å². The van der Waals surface area contributed by atoms with Crippen LogP contribution in [0.25, 0.3) is 11.1 Å². The molecular weight excluding hydrogens is 536 g/mol. The Balaban J connectivity index is 2.77. The van der Waals surface area contributed by atoms with E-state index in [1.165, 1.54) is 22.7 Å². The molecule has 94 valence electrons. The lowest BCUT2D eigenvalue weighted by Gasteiger charge is -2.01. The summed E-state index contributed by atoms with van der Waals surface area (Å²) < 4.78 is 3.14. The van der Waals surface area contributed by atoms with Gasteiger partial charge in [0.25, 0.3) is 0 Å². The number of thiophene rings is 2. The zero-order valence-electron chi connectivity index (χ0n) is 8.30. The lowest BCUT2D eigenvalue weighted by atomic mass is 10.2. The predicted molar refractivity (Wildman–Crippen MR) is 89.2 cm³/mol. The summed E-state index contributed by atoms with van der Waals surface area (Å²) in [6.07, 6.45) is 1.61. The molecule has 2 aromatic rings. The Morgan fingerprint density at radius 1 is 0.722 bits per heavy atom. The van der Waals surface area contributed by atoms with E-state index >= 15 is 0 Å². The Morgan fingerprint density at radius 3 is 1.28 bits per heavy atom. The molecule has 2 rings (SSSR count). The molecule has 0 saturated carbocycles. The van der Waals surface area contributed by atoms with Crippen molar-refractivity contribution >= 4 is 99.0 Å². The first-order valence-corrected chi connectivity index (χ1v) is 9.18. The number of halogens is 4. The van der Waals surface area contributed by atoms with Crippen molar-refractivity contribution in [2.24, 2.45) is 0 Å². The van der Waals surface area contributed by atoms with Crippen LogP contribution in [0.15, 0.2) is 16.5 Å². The van der Waals surface area contributed by atoms with Crippen LogP contribution in [-0.2, 0) is 0 Å². The van der Waals surface area contributed by atoms with Crippen molar-refractivity contribution in [2.75, 3.05) is 0 Å². The van der Waals surface area contributed by atoms with E-state index < -0.39 is 0 Å². The van der Waals surface area contributed by atoms with Gasteiger partial charge in [0, 0.05) is 20.1 Å². The topological polar surface area (TPSA) is 34.1 Å². The second-order valence-electron chi connectivity index (χ2n) is 3.09. The lowest BCUT2D eigenvalue weighted by molar-refractivity contribution is 0.111. The summed E-state index contributed by atoms with van der Waals surface area (Å²) in [5.74, 6) is 0. The van der Waals surface area contributed by atoms with Crippen LogP contribution in [0, 0.1) is 0 Å². The molecule has 0 aromatic carbocycles. The van der Waals surface area contributed by atoms with Crippen LogP contribution in [0.5, 0.6) is 0 Å². The Labute approximate surface area is 144 Å². The predicted octanol–water partition coefficient (Wildman–Crippen LogP) is 6.15. The molecule has 0 N–H and O–H groups in total. The Morgan fingerprint density at radius 2 is 1.06 bits per heavy atom. The summed E-state index contributed by atoms with van der Waals surface area (Å²) in [5, 5.41) is 0. The molecule has 0 aliphatic heterocycles. The van der Waals surface area contributed by atoms with Gasteiger partial charge < -0.3 is 0 Å². The van der Waals surface area contributed by atoms with Gasteiger partial charge in [0.05, 0.1) is 17.3 Å². The van der Waals surface area contributed by atoms with Gasteiger partial charge >= 0.3 is 0 Å². The molecule has 0 spiro atoms. The highest BCUT2D eigenvalue weighted by Gasteiger charge is 2.23. The van der Waals surface area contributed by atoms with Crippen molar-refractivity contribution in [3.05, 3.63) is 26.3 Å². The van der Waals surface area contributed by atoms with Gasteiger partial charge in [-0.05, 0) is 63.7 Å². The van der Waals surface area contributed by atoms with E-state index in [2.05, 4.69) is 63.7 Å². The third-order valence-corrected chi connectivity index (χ3v) is 7.87. The van der Waals surface area contributed by atoms with Crippen LogP contribution in [0.1, 0.15) is 19.3 Å². The monoisotopic (exact) mass is 534 g/mol. The van der Waals surface area contributed by atoms with Crippen LogP contribution in [0.4, 0.5) is 0 Å². The summed E-state index contributed by atoms with van der Waals surface area (Å²) in [5.41, 5.74) is 1.73. The Kier molecular flexibility index (Phi) is 4.99. The molecular formula is C10H2Br4O2S2. The maximum atomic E-state index is 10.9. The molecule has 0 fully saturated rings. The van der Waals surface area contributed by atoms with Crippen LogP contribution < -0.4 is 0 Å². The van der Waals surface area contributed by atoms with Crippen molar-refractivity contribution in [1.82, 2.24) is 0 Å². The average molecular weight is 538 g/mol. The largest absolute Gasteiger partial charge is 0.297 e. The maximum Gasteiger partial charge on any atom is 0.161 e. The highest BCUT2D eigenvalue weighted by molar-refractivity contribution is 9.12. The second-order valence-corrected chi connectivity index (χ2v) is 9.42. The van der Waals surface area contributed by atoms with Gasteiger partial charge in [0.15, 0.2) is 12.6 Å². The standard InChI is InChI=1S/C10H2Br4O2S2/c11-7-3(1-15)17-9(13)5(7)6-8(12)4(2-16)18-10(6)14/h1-2H. The molecule has 0 aliphatic carbocycles. The zero-order valence-corrected chi connectivity index (χ0v) is 16.3. The number of aldehydes is 2. The molecule has 0 aliphatic rings. The molecule has 8 heteroatoms. The number of hydrogen-bond donors (Lipinski definition) is 0. The minimum atomic E-state index is 0.606. The minimum Gasteiger partial charge on any atom is -0.297 e. The fourth-order valence-corrected chi connectivity index (χ4v) is 6.95. The van der Waals surface area contributed by atoms with Gasteiger partial charge in [0.2, 0.25) is 0 Å². The van der Waals surface area contributed by atoms with Crippen molar-refractivity contribution in [3.8, 4) is 11.1 Å². The van der Waals surface area contributed by atoms with Crippen LogP contribution in [0.3, 0.4) is 0 Å². The number of carbonyl (C=O) groups excluding carboxylic acids is 2. The summed E-state index contributed by atoms with van der Waals surface area (Å²) in [6.45, 7) is 0. The van der Waals surface area contributed by atoms with Crippen molar-refractivity contribution in [2.45, 2.75) is 0 Å². The third kappa shape index (κ3) is 2.47. The van der Waals surface area contributed by atoms with Crippen molar-refractivity contribution in [3.63, 3.8) is 0 Å². The summed E-state index contributed by atoms with van der Waals surface area (Å²) in [4.78, 5) is 23.1. The maximum absolute atomic E-state index is 10.9. The van der Waals surface area contributed by atoms with E-state index in [9.17, 15) is 9.59 Å². The molecule has 0 unspecified atom stereocenters. The zero-order chi connectivity index (χ0) is 13.4. The molecule has 18 heavy (non-hydrogen) atoms. The van der Waals surface area contributed by atoms with Crippen molar-refractivity contribution in [1.29, 1.82) is 0 Å². The van der Waals surface area contributed by atoms with E-state index in [4.69, 9.17) is 0 Å². The van der Waals surface area contributed by atoms with Crippen LogP contribution in [0.2, 0.25) is 0 Å². The van der Waals surface area contributed by atoms with Gasteiger partial charge in [-0.3, -0.25) is 9.59 Å². The molecule has 0 radical (unpaired) electrons. The molecule has 2 aromatic heterocycles. The van der Waals surface area contributed by atoms with Crippen LogP contribution >= 0.6 is 86.4 Å². The first-order chi connectivity index (χ1) is 8.51. The molecule has 0 bridgehead atoms. The SMILES string of the molecule is O=Cc1sc(Br)c(-c2c(Br)sc(C=O)c2Br)c1Br. The fraction of sp³-hybridized carbons (Fsp3) is 0. The fourth-order valence-electron chi connectivity index (χ4n) is 1.37. The van der Waals surface area contributed by atoms with Gasteiger partial charge in [0.1, 0.15) is 0 Å². The highest BCUT2D eigenvalue weighted by Crippen LogP contribution is 2.51. The molecule has 2 heterocycles. The Bertz CT molecular complexity index is 589. The molecule has 2 nitrogen and oxygen atoms in total. The third-order valence-electron chi connectivity index (χ3n) is 2.13. The molecule has 0 saturated heterocycles. The van der Waals surface area contributed by atoms with E-state index in [0.29, 0.717) is 9.75 Å². The van der Waals surface area contributed by atoms with E-state index in [1.54, 1.807) is 0 Å². The van der Waals surface area contributed by atoms with Crippen molar-refractivity contribution < 1.29 is 9.59 Å². The quantitative estimate of drug-likeness (QED) is 0.440. The minimum absolute atomic E-state index is 0.606. The van der Waals surface area contributed by atoms with E-state index in [1.807, 2.05) is 0 Å². The van der Waals surface area contributed by atoms with Gasteiger partial charge in [-0.25, -0.2) is 0 Å². The van der Waals surface area contributed by atoms with E-state index in [0.717, 1.165) is 40.2 Å². The number of hydrogen-bond acceptors (Lipinski definition) is 4. The number of carbonyl (C=O) groups is 2. The summed E-state index contributed by atoms with van der Waals surface area (Å²) in [7, 11) is 0. The highest BCUT2D eigenvalue weighted by atomic mass is 79.9. The molecule has 0 atom stereocenters. The van der Waals surface area contributed by atoms with Gasteiger partial charge in [-0.2, -0.15) is 0 Å². The normalized spacial score (nSPS) is 10.7. The smallest absolute Gasteiger partial charge is 0.161 e. The lowest BCUT2D eigenvalue weighted by Crippen LogP contribution is -1.79.